The van der Waals surface area contributed by atoms with Crippen LogP contribution in [0.25, 0.3) is 0 Å². The van der Waals surface area contributed by atoms with Gasteiger partial charge in [-0.1, -0.05) is 68.2 Å². The lowest BCUT2D eigenvalue weighted by atomic mass is 9.94. The maximum Gasteiger partial charge on any atom is 0.152 e. The summed E-state index contributed by atoms with van der Waals surface area (Å²) in [6.07, 6.45) is 5.16. The van der Waals surface area contributed by atoms with Gasteiger partial charge in [0.15, 0.2) is 11.6 Å². The first-order chi connectivity index (χ1) is 13.5. The number of ketones is 3. The molecule has 5 heteroatoms. The number of unbranched alkanes of at least 4 members (excludes halogenated alkanes) is 2. The van der Waals surface area contributed by atoms with Crippen LogP contribution in [-0.2, 0) is 14.4 Å². The van der Waals surface area contributed by atoms with Crippen molar-refractivity contribution >= 4 is 17.3 Å². The molecule has 0 aromatic heterocycles. The van der Waals surface area contributed by atoms with Crippen molar-refractivity contribution in [2.45, 2.75) is 125 Å². The lowest BCUT2D eigenvalue weighted by molar-refractivity contribution is -0.125. The summed E-state index contributed by atoms with van der Waals surface area (Å²) in [7, 11) is 0. The molecule has 0 heterocycles. The fraction of sp³-hybridized carbons (Fsp3) is 0.875. The van der Waals surface area contributed by atoms with E-state index in [-0.39, 0.29) is 53.4 Å². The van der Waals surface area contributed by atoms with E-state index in [4.69, 9.17) is 0 Å². The molecule has 0 saturated carbocycles. The molecule has 170 valence electrons. The van der Waals surface area contributed by atoms with Crippen molar-refractivity contribution in [1.29, 1.82) is 0 Å². The Morgan fingerprint density at radius 3 is 1.45 bits per heavy atom. The molecule has 29 heavy (non-hydrogen) atoms. The molecule has 0 saturated heterocycles. The van der Waals surface area contributed by atoms with E-state index < -0.39 is 0 Å². The molecule has 0 aliphatic rings. The van der Waals surface area contributed by atoms with E-state index in [1.165, 1.54) is 0 Å². The first kappa shape index (κ1) is 27.9. The van der Waals surface area contributed by atoms with Crippen LogP contribution in [0.5, 0.6) is 0 Å². The monoisotopic (exact) mass is 410 g/mol. The molecule has 5 nitrogen and oxygen atoms in total. The summed E-state index contributed by atoms with van der Waals surface area (Å²) < 4.78 is 0. The van der Waals surface area contributed by atoms with Gasteiger partial charge in [-0.05, 0) is 19.3 Å². The Bertz CT molecular complexity index is 498. The van der Waals surface area contributed by atoms with Crippen molar-refractivity contribution in [3.63, 3.8) is 0 Å². The van der Waals surface area contributed by atoms with Crippen molar-refractivity contribution in [2.75, 3.05) is 0 Å². The third-order valence-electron chi connectivity index (χ3n) is 5.05. The number of hydrogen-bond donors (Lipinski definition) is 2. The van der Waals surface area contributed by atoms with Crippen molar-refractivity contribution < 1.29 is 14.4 Å². The number of hydrogen-bond acceptors (Lipinski definition) is 5. The molecular weight excluding hydrogens is 364 g/mol. The summed E-state index contributed by atoms with van der Waals surface area (Å²) in [5.41, 5.74) is 0. The van der Waals surface area contributed by atoms with Gasteiger partial charge < -0.3 is 10.6 Å². The maximum atomic E-state index is 12.3. The molecule has 0 aliphatic carbocycles. The molecule has 0 aromatic rings. The Morgan fingerprint density at radius 1 is 0.586 bits per heavy atom. The standard InChI is InChI=1S/C24H46N2O3/c1-16(2)23(28)21(25-18(5)6)13-11-9-10-12-20(27)14-15-22(26-19(7)8)24(29)17(3)4/h16-19,21-22,25-26H,9-15H2,1-8H3. The molecule has 0 rings (SSSR count). The predicted octanol–water partition coefficient (Wildman–Crippen LogP) is 4.47. The molecule has 0 aliphatic heterocycles. The number of carbonyl (C=O) groups is 3. The highest BCUT2D eigenvalue weighted by Crippen LogP contribution is 2.13. The van der Waals surface area contributed by atoms with Gasteiger partial charge in [0.05, 0.1) is 12.1 Å². The number of rotatable bonds is 17. The Kier molecular flexibility index (Phi) is 14.3. The molecule has 0 radical (unpaired) electrons. The molecule has 2 atom stereocenters. The third-order valence-corrected chi connectivity index (χ3v) is 5.05. The molecule has 2 unspecified atom stereocenters. The molecular formula is C24H46N2O3. The molecule has 0 spiro atoms. The van der Waals surface area contributed by atoms with Crippen LogP contribution < -0.4 is 10.6 Å². The number of Topliss-reactive ketones (excluding diaryl/α,β-unsaturated/α-hetero) is 3. The van der Waals surface area contributed by atoms with E-state index in [0.717, 1.165) is 25.7 Å². The van der Waals surface area contributed by atoms with Gasteiger partial charge in [0.1, 0.15) is 5.78 Å². The number of nitrogens with one attached hydrogen (secondary N) is 2. The van der Waals surface area contributed by atoms with Gasteiger partial charge in [0, 0.05) is 36.8 Å². The summed E-state index contributed by atoms with van der Waals surface area (Å²) >= 11 is 0. The van der Waals surface area contributed by atoms with E-state index >= 15 is 0 Å². The second-order valence-electron chi connectivity index (χ2n) is 9.54. The van der Waals surface area contributed by atoms with Gasteiger partial charge in [0.25, 0.3) is 0 Å². The first-order valence-electron chi connectivity index (χ1n) is 11.6. The van der Waals surface area contributed by atoms with E-state index in [0.29, 0.717) is 19.3 Å². The maximum absolute atomic E-state index is 12.3. The van der Waals surface area contributed by atoms with Crippen LogP contribution >= 0.6 is 0 Å². The molecule has 0 bridgehead atoms. The Labute approximate surface area is 179 Å². The fourth-order valence-corrected chi connectivity index (χ4v) is 3.50. The summed E-state index contributed by atoms with van der Waals surface area (Å²) in [5.74, 6) is 0.696. The fourth-order valence-electron chi connectivity index (χ4n) is 3.50. The van der Waals surface area contributed by atoms with E-state index in [9.17, 15) is 14.4 Å². The highest BCUT2D eigenvalue weighted by atomic mass is 16.1. The van der Waals surface area contributed by atoms with Crippen LogP contribution in [0, 0.1) is 11.8 Å². The van der Waals surface area contributed by atoms with Crippen LogP contribution in [0.4, 0.5) is 0 Å². The molecule has 0 amide bonds. The average Bonchev–Trinajstić information content (AvgIpc) is 2.61. The van der Waals surface area contributed by atoms with E-state index in [1.54, 1.807) is 0 Å². The average molecular weight is 411 g/mol. The Balaban J connectivity index is 4.27. The predicted molar refractivity (Wildman–Crippen MR) is 121 cm³/mol. The highest BCUT2D eigenvalue weighted by molar-refractivity contribution is 5.87. The van der Waals surface area contributed by atoms with Gasteiger partial charge in [-0.15, -0.1) is 0 Å². The van der Waals surface area contributed by atoms with Crippen molar-refractivity contribution in [3.8, 4) is 0 Å². The zero-order valence-corrected chi connectivity index (χ0v) is 20.1. The Hall–Kier alpha value is -1.07. The minimum Gasteiger partial charge on any atom is -0.305 e. The zero-order chi connectivity index (χ0) is 22.6. The lowest BCUT2D eigenvalue weighted by Crippen LogP contribution is -2.43. The molecule has 2 N–H and O–H groups in total. The molecule has 0 aromatic carbocycles. The van der Waals surface area contributed by atoms with Crippen LogP contribution in [0.3, 0.4) is 0 Å². The Morgan fingerprint density at radius 2 is 1.03 bits per heavy atom. The van der Waals surface area contributed by atoms with Crippen molar-refractivity contribution in [3.05, 3.63) is 0 Å². The van der Waals surface area contributed by atoms with Crippen molar-refractivity contribution in [2.24, 2.45) is 11.8 Å². The highest BCUT2D eigenvalue weighted by Gasteiger charge is 2.23. The van der Waals surface area contributed by atoms with Gasteiger partial charge in [0.2, 0.25) is 0 Å². The quantitative estimate of drug-likeness (QED) is 0.346. The SMILES string of the molecule is CC(C)NC(CCCCCC(=O)CCC(NC(C)C)C(=O)C(C)C)C(=O)C(C)C. The summed E-state index contributed by atoms with van der Waals surface area (Å²) in [4.78, 5) is 36.9. The van der Waals surface area contributed by atoms with Gasteiger partial charge in [-0.3, -0.25) is 14.4 Å². The largest absolute Gasteiger partial charge is 0.305 e. The topological polar surface area (TPSA) is 75.3 Å². The van der Waals surface area contributed by atoms with Crippen LogP contribution in [-0.4, -0.2) is 41.5 Å². The van der Waals surface area contributed by atoms with Crippen molar-refractivity contribution in [1.82, 2.24) is 10.6 Å². The summed E-state index contributed by atoms with van der Waals surface area (Å²) in [6, 6.07) is 0.184. The van der Waals surface area contributed by atoms with Gasteiger partial charge >= 0.3 is 0 Å². The smallest absolute Gasteiger partial charge is 0.152 e. The minimum absolute atomic E-state index is 0.0257. The first-order valence-corrected chi connectivity index (χ1v) is 11.6. The second-order valence-corrected chi connectivity index (χ2v) is 9.54. The summed E-state index contributed by atoms with van der Waals surface area (Å²) in [6.45, 7) is 15.9. The number of carbonyl (C=O) groups excluding carboxylic acids is 3. The van der Waals surface area contributed by atoms with E-state index in [2.05, 4.69) is 24.5 Å². The van der Waals surface area contributed by atoms with E-state index in [1.807, 2.05) is 41.5 Å². The minimum atomic E-state index is -0.233. The van der Waals surface area contributed by atoms with Gasteiger partial charge in [-0.25, -0.2) is 0 Å². The second kappa shape index (κ2) is 14.8. The zero-order valence-electron chi connectivity index (χ0n) is 20.1. The third kappa shape index (κ3) is 13.0. The molecule has 0 fully saturated rings. The van der Waals surface area contributed by atoms with Crippen LogP contribution in [0.1, 0.15) is 100 Å². The van der Waals surface area contributed by atoms with Gasteiger partial charge in [-0.2, -0.15) is 0 Å². The lowest BCUT2D eigenvalue weighted by Gasteiger charge is -2.22. The summed E-state index contributed by atoms with van der Waals surface area (Å²) in [5, 5.41) is 6.67. The van der Waals surface area contributed by atoms with Crippen LogP contribution in [0.2, 0.25) is 0 Å². The van der Waals surface area contributed by atoms with Crippen LogP contribution in [0.15, 0.2) is 0 Å². The normalized spacial score (nSPS) is 14.1.